The average molecular weight is 287 g/mol. The number of aromatic nitrogens is 3. The van der Waals surface area contributed by atoms with E-state index in [1.165, 1.54) is 6.92 Å². The molecule has 0 saturated carbocycles. The van der Waals surface area contributed by atoms with Gasteiger partial charge >= 0.3 is 0 Å². The summed E-state index contributed by atoms with van der Waals surface area (Å²) in [6.07, 6.45) is 1.81. The second-order valence-electron chi connectivity index (χ2n) is 4.34. The third-order valence-electron chi connectivity index (χ3n) is 2.79. The average Bonchev–Trinajstić information content (AvgIpc) is 2.81. The molecule has 0 bridgehead atoms. The van der Waals surface area contributed by atoms with E-state index < -0.39 is 0 Å². The van der Waals surface area contributed by atoms with E-state index >= 15 is 0 Å². The lowest BCUT2D eigenvalue weighted by Crippen LogP contribution is -2.05. The zero-order valence-corrected chi connectivity index (χ0v) is 11.4. The van der Waals surface area contributed by atoms with E-state index in [1.807, 2.05) is 36.5 Å². The minimum atomic E-state index is -0.0932. The number of carbonyl (C=O) groups is 1. The Morgan fingerprint density at radius 2 is 1.95 bits per heavy atom. The van der Waals surface area contributed by atoms with Gasteiger partial charge < -0.3 is 5.32 Å². The van der Waals surface area contributed by atoms with Crippen molar-refractivity contribution in [3.05, 3.63) is 47.7 Å². The summed E-state index contributed by atoms with van der Waals surface area (Å²) in [5.41, 5.74) is 3.23. The number of hydrogen-bond donors (Lipinski definition) is 1. The second kappa shape index (κ2) is 4.94. The summed E-state index contributed by atoms with van der Waals surface area (Å²) < 4.78 is 1.64. The van der Waals surface area contributed by atoms with Crippen molar-refractivity contribution < 1.29 is 4.79 Å². The molecule has 0 unspecified atom stereocenters. The van der Waals surface area contributed by atoms with E-state index in [2.05, 4.69) is 15.4 Å². The number of nitrogens with one attached hydrogen (secondary N) is 1. The van der Waals surface area contributed by atoms with Crippen LogP contribution in [0.3, 0.4) is 0 Å². The SMILES string of the molecule is CC(=O)Nc1ccc(-c2cn3nc(Cl)ccc3n2)cc1. The maximum absolute atomic E-state index is 11.0. The number of fused-ring (bicyclic) bond motifs is 1. The monoisotopic (exact) mass is 286 g/mol. The highest BCUT2D eigenvalue weighted by Crippen LogP contribution is 2.21. The molecule has 0 aliphatic carbocycles. The van der Waals surface area contributed by atoms with Crippen LogP contribution >= 0.6 is 11.6 Å². The van der Waals surface area contributed by atoms with E-state index in [1.54, 1.807) is 10.6 Å². The minimum absolute atomic E-state index is 0.0932. The normalized spacial score (nSPS) is 10.7. The first-order valence-corrected chi connectivity index (χ1v) is 6.39. The van der Waals surface area contributed by atoms with Gasteiger partial charge in [0.1, 0.15) is 5.15 Å². The largest absolute Gasteiger partial charge is 0.326 e. The number of anilines is 1. The van der Waals surface area contributed by atoms with Crippen LogP contribution in [0.25, 0.3) is 16.9 Å². The smallest absolute Gasteiger partial charge is 0.221 e. The predicted octanol–water partition coefficient (Wildman–Crippen LogP) is 3.01. The topological polar surface area (TPSA) is 59.3 Å². The van der Waals surface area contributed by atoms with Gasteiger partial charge in [0.05, 0.1) is 11.9 Å². The predicted molar refractivity (Wildman–Crippen MR) is 77.7 cm³/mol. The Labute approximate surface area is 120 Å². The molecule has 0 aliphatic rings. The van der Waals surface area contributed by atoms with Gasteiger partial charge in [-0.2, -0.15) is 5.10 Å². The fraction of sp³-hybridized carbons (Fsp3) is 0.0714. The van der Waals surface area contributed by atoms with Crippen LogP contribution in [0.4, 0.5) is 5.69 Å². The third-order valence-corrected chi connectivity index (χ3v) is 2.99. The van der Waals surface area contributed by atoms with Gasteiger partial charge in [-0.3, -0.25) is 4.79 Å². The van der Waals surface area contributed by atoms with Crippen LogP contribution in [0, 0.1) is 0 Å². The lowest BCUT2D eigenvalue weighted by molar-refractivity contribution is -0.114. The fourth-order valence-electron chi connectivity index (χ4n) is 1.93. The number of nitrogens with zero attached hydrogens (tertiary/aromatic N) is 3. The molecule has 5 nitrogen and oxygen atoms in total. The first-order valence-electron chi connectivity index (χ1n) is 6.02. The summed E-state index contributed by atoms with van der Waals surface area (Å²) >= 11 is 5.84. The molecule has 20 heavy (non-hydrogen) atoms. The van der Waals surface area contributed by atoms with Crippen LogP contribution in [0.15, 0.2) is 42.6 Å². The number of carbonyl (C=O) groups excluding carboxylic acids is 1. The van der Waals surface area contributed by atoms with E-state index in [9.17, 15) is 4.79 Å². The van der Waals surface area contributed by atoms with Crippen LogP contribution < -0.4 is 5.32 Å². The molecule has 1 amide bonds. The van der Waals surface area contributed by atoms with Crippen LogP contribution in [-0.2, 0) is 4.79 Å². The van der Waals surface area contributed by atoms with Gasteiger partial charge in [-0.1, -0.05) is 23.7 Å². The summed E-state index contributed by atoms with van der Waals surface area (Å²) in [4.78, 5) is 15.4. The second-order valence-corrected chi connectivity index (χ2v) is 4.73. The standard InChI is InChI=1S/C14H11ClN4O/c1-9(20)16-11-4-2-10(3-5-11)12-8-19-14(17-12)7-6-13(15)18-19/h2-8H,1H3,(H,16,20). The molecular weight excluding hydrogens is 276 g/mol. The molecule has 0 fully saturated rings. The van der Waals surface area contributed by atoms with Crippen LogP contribution in [0.1, 0.15) is 6.92 Å². The van der Waals surface area contributed by atoms with Crippen molar-refractivity contribution in [3.63, 3.8) is 0 Å². The molecule has 0 atom stereocenters. The van der Waals surface area contributed by atoms with Gasteiger partial charge in [0, 0.05) is 18.2 Å². The van der Waals surface area contributed by atoms with Crippen LogP contribution in [0.5, 0.6) is 0 Å². The van der Waals surface area contributed by atoms with Crippen LogP contribution in [0.2, 0.25) is 5.15 Å². The molecule has 1 N–H and O–H groups in total. The maximum atomic E-state index is 11.0. The van der Waals surface area contributed by atoms with Gasteiger partial charge in [0.25, 0.3) is 0 Å². The number of amides is 1. The van der Waals surface area contributed by atoms with Crippen molar-refractivity contribution in [2.24, 2.45) is 0 Å². The summed E-state index contributed by atoms with van der Waals surface area (Å²) in [6.45, 7) is 1.48. The first-order chi connectivity index (χ1) is 9.61. The molecule has 0 aliphatic heterocycles. The van der Waals surface area contributed by atoms with Crippen molar-refractivity contribution in [1.82, 2.24) is 14.6 Å². The third kappa shape index (κ3) is 2.48. The van der Waals surface area contributed by atoms with Crippen molar-refractivity contribution in [2.45, 2.75) is 6.92 Å². The minimum Gasteiger partial charge on any atom is -0.326 e. The molecule has 3 aromatic rings. The fourth-order valence-corrected chi connectivity index (χ4v) is 2.07. The Hall–Kier alpha value is -2.40. The van der Waals surface area contributed by atoms with Crippen molar-refractivity contribution in [3.8, 4) is 11.3 Å². The summed E-state index contributed by atoms with van der Waals surface area (Å²) in [7, 11) is 0. The van der Waals surface area contributed by atoms with E-state index in [4.69, 9.17) is 11.6 Å². The van der Waals surface area contributed by atoms with Crippen LogP contribution in [-0.4, -0.2) is 20.5 Å². The summed E-state index contributed by atoms with van der Waals surface area (Å²) in [6, 6.07) is 11.0. The summed E-state index contributed by atoms with van der Waals surface area (Å²) in [5.74, 6) is -0.0932. The number of rotatable bonds is 2. The zero-order valence-electron chi connectivity index (χ0n) is 10.7. The Balaban J connectivity index is 1.96. The molecule has 6 heteroatoms. The molecule has 0 saturated heterocycles. The maximum Gasteiger partial charge on any atom is 0.221 e. The Bertz CT molecular complexity index is 779. The van der Waals surface area contributed by atoms with Crippen molar-refractivity contribution in [2.75, 3.05) is 5.32 Å². The Morgan fingerprint density at radius 1 is 1.20 bits per heavy atom. The number of hydrogen-bond acceptors (Lipinski definition) is 3. The van der Waals surface area contributed by atoms with Gasteiger partial charge in [0.15, 0.2) is 5.65 Å². The molecule has 1 aromatic carbocycles. The Morgan fingerprint density at radius 3 is 2.65 bits per heavy atom. The molecular formula is C14H11ClN4O. The summed E-state index contributed by atoms with van der Waals surface area (Å²) in [5, 5.41) is 7.28. The van der Waals surface area contributed by atoms with Gasteiger partial charge in [-0.15, -0.1) is 0 Å². The van der Waals surface area contributed by atoms with E-state index in [-0.39, 0.29) is 5.91 Å². The highest BCUT2D eigenvalue weighted by atomic mass is 35.5. The highest BCUT2D eigenvalue weighted by molar-refractivity contribution is 6.29. The zero-order chi connectivity index (χ0) is 14.1. The first kappa shape index (κ1) is 12.6. The van der Waals surface area contributed by atoms with Crippen molar-refractivity contribution in [1.29, 1.82) is 0 Å². The molecule has 2 heterocycles. The lowest BCUT2D eigenvalue weighted by atomic mass is 10.1. The molecule has 100 valence electrons. The number of halogens is 1. The molecule has 2 aromatic heterocycles. The molecule has 0 spiro atoms. The van der Waals surface area contributed by atoms with E-state index in [0.717, 1.165) is 22.6 Å². The Kier molecular flexibility index (Phi) is 3.12. The number of benzene rings is 1. The van der Waals surface area contributed by atoms with Gasteiger partial charge in [0.2, 0.25) is 5.91 Å². The van der Waals surface area contributed by atoms with Gasteiger partial charge in [-0.25, -0.2) is 9.50 Å². The van der Waals surface area contributed by atoms with E-state index in [0.29, 0.717) is 5.15 Å². The number of imidazole rings is 1. The quantitative estimate of drug-likeness (QED) is 0.788. The highest BCUT2D eigenvalue weighted by Gasteiger charge is 2.06. The lowest BCUT2D eigenvalue weighted by Gasteiger charge is -2.02. The van der Waals surface area contributed by atoms with Gasteiger partial charge in [-0.05, 0) is 24.3 Å². The molecule has 0 radical (unpaired) electrons. The van der Waals surface area contributed by atoms with Crippen molar-refractivity contribution >= 4 is 28.8 Å². The molecule has 3 rings (SSSR count).